The van der Waals surface area contributed by atoms with E-state index in [0.29, 0.717) is 41.4 Å². The minimum absolute atomic E-state index is 0.0763. The minimum Gasteiger partial charge on any atom is -0.459 e. The van der Waals surface area contributed by atoms with Gasteiger partial charge in [0.1, 0.15) is 36.7 Å². The van der Waals surface area contributed by atoms with Crippen LogP contribution in [0, 0.1) is 17.8 Å². The fourth-order valence-electron chi connectivity index (χ4n) is 8.04. The molecule has 6 atom stereocenters. The van der Waals surface area contributed by atoms with Crippen LogP contribution in [0.15, 0.2) is 71.9 Å². The first-order chi connectivity index (χ1) is 24.3. The van der Waals surface area contributed by atoms with E-state index in [9.17, 15) is 19.8 Å². The van der Waals surface area contributed by atoms with Crippen molar-refractivity contribution in [2.45, 2.75) is 69.6 Å². The van der Waals surface area contributed by atoms with Gasteiger partial charge in [0.25, 0.3) is 0 Å². The predicted molar refractivity (Wildman–Crippen MR) is 189 cm³/mol. The van der Waals surface area contributed by atoms with Gasteiger partial charge in [0.2, 0.25) is 5.79 Å². The van der Waals surface area contributed by atoms with Crippen molar-refractivity contribution in [3.05, 3.63) is 77.9 Å². The van der Waals surface area contributed by atoms with Crippen molar-refractivity contribution < 1.29 is 43.6 Å². The predicted octanol–water partition coefficient (Wildman–Crippen LogP) is 6.64. The number of unbranched alkanes of at least 4 members (excludes halogenated alkanes) is 2. The molecule has 3 aliphatic rings. The van der Waals surface area contributed by atoms with Crippen LogP contribution in [0.4, 0.5) is 4.79 Å². The molecule has 50 heavy (non-hydrogen) atoms. The van der Waals surface area contributed by atoms with Crippen molar-refractivity contribution in [2.24, 2.45) is 22.9 Å². The van der Waals surface area contributed by atoms with Crippen LogP contribution < -0.4 is 9.47 Å². The second kappa shape index (κ2) is 17.2. The van der Waals surface area contributed by atoms with E-state index in [4.69, 9.17) is 23.8 Å². The zero-order chi connectivity index (χ0) is 35.7. The van der Waals surface area contributed by atoms with Gasteiger partial charge < -0.3 is 38.9 Å². The zero-order valence-corrected chi connectivity index (χ0v) is 29.3. The number of nitrogens with zero attached hydrogens (tertiary/aromatic N) is 2. The molecule has 0 unspecified atom stereocenters. The lowest BCUT2D eigenvalue weighted by molar-refractivity contribution is -0.253. The van der Waals surface area contributed by atoms with E-state index in [-0.39, 0.29) is 50.6 Å². The SMILES string of the molecule is C=CCO[C@@]12Oc3ccc(Oc4cccc(C=O)c4)cc3[C@H]3[C@H](CCCCO)[C@@H](CCCCO)C=C(C(=NOC)C[C@@H]1N(C)C(=O)OCC)[C@H]32. The monoisotopic (exact) mass is 690 g/mol. The third-order valence-corrected chi connectivity index (χ3v) is 10.1. The molecule has 0 radical (unpaired) electrons. The molecule has 1 fully saturated rings. The van der Waals surface area contributed by atoms with Gasteiger partial charge in [0, 0.05) is 43.7 Å². The summed E-state index contributed by atoms with van der Waals surface area (Å²) in [4.78, 5) is 31.8. The average molecular weight is 691 g/mol. The van der Waals surface area contributed by atoms with Gasteiger partial charge in [0.05, 0.1) is 24.8 Å². The molecule has 5 rings (SSSR count). The number of allylic oxidation sites excluding steroid dienone is 1. The lowest BCUT2D eigenvalue weighted by Gasteiger charge is -2.59. The van der Waals surface area contributed by atoms with E-state index < -0.39 is 23.8 Å². The number of aldehydes is 1. The number of carbonyl (C=O) groups excluding carboxylic acids is 2. The number of ether oxygens (including phenoxy) is 4. The summed E-state index contributed by atoms with van der Waals surface area (Å²) < 4.78 is 25.7. The first kappa shape index (κ1) is 37.1. The number of aliphatic hydroxyl groups is 2. The van der Waals surface area contributed by atoms with Crippen LogP contribution in [0.2, 0.25) is 0 Å². The van der Waals surface area contributed by atoms with Crippen molar-refractivity contribution >= 4 is 18.1 Å². The lowest BCUT2D eigenvalue weighted by Crippen LogP contribution is -2.69. The summed E-state index contributed by atoms with van der Waals surface area (Å²) in [6.07, 6.45) is 9.17. The molecule has 2 aromatic carbocycles. The number of hydrogen-bond acceptors (Lipinski definition) is 10. The maximum atomic E-state index is 13.4. The number of aliphatic hydroxyl groups excluding tert-OH is 2. The van der Waals surface area contributed by atoms with E-state index in [1.165, 1.54) is 7.11 Å². The molecule has 2 aromatic rings. The maximum absolute atomic E-state index is 13.4. The van der Waals surface area contributed by atoms with E-state index in [1.807, 2.05) is 18.2 Å². The molecule has 0 spiro atoms. The highest BCUT2D eigenvalue weighted by Gasteiger charge is 2.65. The normalized spacial score (nSPS) is 25.7. The Labute approximate surface area is 294 Å². The van der Waals surface area contributed by atoms with Gasteiger partial charge >= 0.3 is 6.09 Å². The molecular weight excluding hydrogens is 640 g/mol. The van der Waals surface area contributed by atoms with Crippen LogP contribution in [-0.2, 0) is 14.3 Å². The molecule has 0 bridgehead atoms. The van der Waals surface area contributed by atoms with Gasteiger partial charge in [-0.15, -0.1) is 6.58 Å². The van der Waals surface area contributed by atoms with Crippen LogP contribution in [-0.4, -0.2) is 85.6 Å². The highest BCUT2D eigenvalue weighted by molar-refractivity contribution is 6.02. The Balaban J connectivity index is 1.74. The second-order valence-corrected chi connectivity index (χ2v) is 13.1. The number of benzene rings is 2. The van der Waals surface area contributed by atoms with Crippen LogP contribution in [0.5, 0.6) is 17.2 Å². The number of rotatable bonds is 17. The van der Waals surface area contributed by atoms with Gasteiger partial charge in [-0.25, -0.2) is 4.79 Å². The molecule has 11 nitrogen and oxygen atoms in total. The zero-order valence-electron chi connectivity index (χ0n) is 29.3. The van der Waals surface area contributed by atoms with Gasteiger partial charge in [-0.1, -0.05) is 42.3 Å². The molecule has 11 heteroatoms. The number of carbonyl (C=O) groups is 2. The Kier molecular flexibility index (Phi) is 12.7. The first-order valence-corrected chi connectivity index (χ1v) is 17.6. The summed E-state index contributed by atoms with van der Waals surface area (Å²) in [5, 5.41) is 24.0. The molecule has 1 amide bonds. The molecule has 1 heterocycles. The minimum atomic E-state index is -1.35. The molecule has 2 aliphatic carbocycles. The highest BCUT2D eigenvalue weighted by atomic mass is 16.7. The third kappa shape index (κ3) is 7.60. The smallest absolute Gasteiger partial charge is 0.409 e. The molecule has 1 aliphatic heterocycles. The lowest BCUT2D eigenvalue weighted by atomic mass is 9.55. The van der Waals surface area contributed by atoms with Crippen LogP contribution in [0.1, 0.15) is 73.7 Å². The number of likely N-dealkylation sites (N-methyl/N-ethyl adjacent to an activating group) is 1. The van der Waals surface area contributed by atoms with Gasteiger partial charge in [-0.3, -0.25) is 4.79 Å². The summed E-state index contributed by atoms with van der Waals surface area (Å²) in [6.45, 7) is 6.28. The Hall–Kier alpha value is -4.19. The van der Waals surface area contributed by atoms with Crippen LogP contribution in [0.3, 0.4) is 0 Å². The topological polar surface area (TPSA) is 136 Å². The van der Waals surface area contributed by atoms with E-state index in [0.717, 1.165) is 43.1 Å². The second-order valence-electron chi connectivity index (χ2n) is 13.1. The van der Waals surface area contributed by atoms with Crippen LogP contribution in [0.25, 0.3) is 0 Å². The Morgan fingerprint density at radius 1 is 1.10 bits per heavy atom. The van der Waals surface area contributed by atoms with Gasteiger partial charge in [-0.2, -0.15) is 0 Å². The molecule has 0 aromatic heterocycles. The number of fused-ring (bicyclic) bond motifs is 2. The number of oxime groups is 1. The van der Waals surface area contributed by atoms with Crippen molar-refractivity contribution in [1.29, 1.82) is 0 Å². The van der Waals surface area contributed by atoms with Gasteiger partial charge in [0.15, 0.2) is 0 Å². The summed E-state index contributed by atoms with van der Waals surface area (Å²) in [6, 6.07) is 12.1. The maximum Gasteiger partial charge on any atom is 0.409 e. The van der Waals surface area contributed by atoms with E-state index in [1.54, 1.807) is 49.2 Å². The fourth-order valence-corrected chi connectivity index (χ4v) is 8.04. The number of hydrogen-bond donors (Lipinski definition) is 2. The Morgan fingerprint density at radius 2 is 1.86 bits per heavy atom. The van der Waals surface area contributed by atoms with E-state index >= 15 is 0 Å². The fraction of sp³-hybridized carbons (Fsp3) is 0.513. The van der Waals surface area contributed by atoms with Crippen molar-refractivity contribution in [3.8, 4) is 17.2 Å². The molecule has 0 saturated heterocycles. The van der Waals surface area contributed by atoms with Crippen molar-refractivity contribution in [1.82, 2.24) is 4.90 Å². The number of amides is 1. The van der Waals surface area contributed by atoms with Crippen molar-refractivity contribution in [2.75, 3.05) is 40.6 Å². The summed E-state index contributed by atoms with van der Waals surface area (Å²) >= 11 is 0. The third-order valence-electron chi connectivity index (χ3n) is 10.1. The molecule has 270 valence electrons. The standard InChI is InChI=1S/C39H50N2O9/c1-5-20-48-39-35(41(3)38(45)47-6-2)24-33(40-46-4)31-22-27(13-7-9-18-42)30(15-8-10-19-43)36(37(31)39)32-23-29(16-17-34(32)50-39)49-28-14-11-12-26(21-28)25-44/h5,11-12,14,16-17,21-23,25,27,30,35-37,42-43H,1,6-10,13,15,18-20,24H2,2-4H3/t27-,30+,35-,36+,37+,39+/m0/s1. The van der Waals surface area contributed by atoms with Gasteiger partial charge in [-0.05, 0) is 80.3 Å². The molecule has 2 N–H and O–H groups in total. The summed E-state index contributed by atoms with van der Waals surface area (Å²) in [5.74, 6) is -0.0585. The summed E-state index contributed by atoms with van der Waals surface area (Å²) in [5.41, 5.74) is 3.08. The quantitative estimate of drug-likeness (QED) is 0.0810. The Bertz CT molecular complexity index is 1560. The molecule has 1 saturated carbocycles. The highest BCUT2D eigenvalue weighted by Crippen LogP contribution is 2.61. The van der Waals surface area contributed by atoms with Crippen LogP contribution >= 0.6 is 0 Å². The largest absolute Gasteiger partial charge is 0.459 e. The van der Waals surface area contributed by atoms with Crippen molar-refractivity contribution in [3.63, 3.8) is 0 Å². The summed E-state index contributed by atoms with van der Waals surface area (Å²) in [7, 11) is 3.21. The first-order valence-electron chi connectivity index (χ1n) is 17.6. The molecular formula is C39H50N2O9. The Morgan fingerprint density at radius 3 is 2.56 bits per heavy atom. The van der Waals surface area contributed by atoms with E-state index in [2.05, 4.69) is 17.8 Å². The average Bonchev–Trinajstić information content (AvgIpc) is 3.12.